The van der Waals surface area contributed by atoms with E-state index in [0.29, 0.717) is 5.78 Å². The Hall–Kier alpha value is -0.850. The van der Waals surface area contributed by atoms with Crippen LogP contribution in [0.25, 0.3) is 0 Å². The van der Waals surface area contributed by atoms with Crippen LogP contribution in [0.15, 0.2) is 23.8 Å². The van der Waals surface area contributed by atoms with Crippen LogP contribution < -0.4 is 0 Å². The molecule has 1 unspecified atom stereocenters. The lowest BCUT2D eigenvalue weighted by Gasteiger charge is -2.06. The molecule has 0 fully saturated rings. The molecule has 0 aromatic heterocycles. The molecule has 0 radical (unpaired) electrons. The van der Waals surface area contributed by atoms with E-state index < -0.39 is 0 Å². The van der Waals surface area contributed by atoms with Gasteiger partial charge in [-0.3, -0.25) is 4.79 Å². The fourth-order valence-electron chi connectivity index (χ4n) is 1.92. The van der Waals surface area contributed by atoms with E-state index in [2.05, 4.69) is 13.5 Å². The van der Waals surface area contributed by atoms with Crippen molar-refractivity contribution in [3.05, 3.63) is 23.8 Å². The van der Waals surface area contributed by atoms with Crippen LogP contribution in [0.4, 0.5) is 0 Å². The van der Waals surface area contributed by atoms with Gasteiger partial charge in [0.1, 0.15) is 5.78 Å². The van der Waals surface area contributed by atoms with Gasteiger partial charge in [-0.25, -0.2) is 0 Å². The van der Waals surface area contributed by atoms with Crippen LogP contribution in [0.3, 0.4) is 0 Å². The highest BCUT2D eigenvalue weighted by molar-refractivity contribution is 5.82. The molecule has 0 bridgehead atoms. The predicted molar refractivity (Wildman–Crippen MR) is 50.9 cm³/mol. The fraction of sp³-hybridized carbons (Fsp3) is 0.545. The molecule has 0 aliphatic heterocycles. The van der Waals surface area contributed by atoms with E-state index in [4.69, 9.17) is 0 Å². The molecule has 1 atom stereocenters. The zero-order valence-corrected chi connectivity index (χ0v) is 7.89. The molecule has 1 aliphatic rings. The topological polar surface area (TPSA) is 17.1 Å². The van der Waals surface area contributed by atoms with E-state index in [1.54, 1.807) is 6.92 Å². The summed E-state index contributed by atoms with van der Waals surface area (Å²) in [5, 5.41) is 0. The summed E-state index contributed by atoms with van der Waals surface area (Å²) in [7, 11) is 0. The average Bonchev–Trinajstić information content (AvgIpc) is 2.34. The molecule has 1 nitrogen and oxygen atoms in total. The molecule has 0 amide bonds. The third-order valence-electron chi connectivity index (χ3n) is 2.70. The number of carbonyl (C=O) groups excluding carboxylic acids is 1. The first-order valence-electron chi connectivity index (χ1n) is 4.46. The first-order chi connectivity index (χ1) is 5.66. The van der Waals surface area contributed by atoms with E-state index in [1.807, 2.05) is 6.08 Å². The van der Waals surface area contributed by atoms with E-state index in [9.17, 15) is 4.79 Å². The molecule has 0 aromatic carbocycles. The van der Waals surface area contributed by atoms with Crippen molar-refractivity contribution in [3.8, 4) is 0 Å². The van der Waals surface area contributed by atoms with Crippen LogP contribution in [-0.4, -0.2) is 5.78 Å². The first-order valence-corrected chi connectivity index (χ1v) is 4.46. The van der Waals surface area contributed by atoms with Gasteiger partial charge in [-0.2, -0.15) is 0 Å². The lowest BCUT2D eigenvalue weighted by Crippen LogP contribution is -2.07. The van der Waals surface area contributed by atoms with E-state index in [1.165, 1.54) is 11.1 Å². The number of carbonyl (C=O) groups is 1. The highest BCUT2D eigenvalue weighted by Crippen LogP contribution is 2.33. The highest BCUT2D eigenvalue weighted by Gasteiger charge is 2.24. The van der Waals surface area contributed by atoms with Crippen molar-refractivity contribution in [1.29, 1.82) is 0 Å². The maximum atomic E-state index is 11.1. The zero-order chi connectivity index (χ0) is 9.14. The number of ketones is 1. The van der Waals surface area contributed by atoms with Crippen LogP contribution in [0.5, 0.6) is 0 Å². The van der Waals surface area contributed by atoms with Crippen molar-refractivity contribution < 1.29 is 4.79 Å². The van der Waals surface area contributed by atoms with Crippen molar-refractivity contribution in [3.63, 3.8) is 0 Å². The predicted octanol–water partition coefficient (Wildman–Crippen LogP) is 2.88. The standard InChI is InChI=1S/C11H16O/c1-4-5-10-6-7-11(8(10)2)9(3)12/h4,11H,1,5-7H2,2-3H3. The summed E-state index contributed by atoms with van der Waals surface area (Å²) in [5.41, 5.74) is 2.72. The number of hydrogen-bond acceptors (Lipinski definition) is 1. The average molecular weight is 164 g/mol. The number of rotatable bonds is 3. The first kappa shape index (κ1) is 9.24. The van der Waals surface area contributed by atoms with Crippen LogP contribution in [0, 0.1) is 5.92 Å². The SMILES string of the molecule is C=CCC1=C(C)C(C(C)=O)CC1. The second-order valence-corrected chi connectivity index (χ2v) is 3.48. The van der Waals surface area contributed by atoms with Crippen LogP contribution in [0.1, 0.15) is 33.1 Å². The summed E-state index contributed by atoms with van der Waals surface area (Å²) in [6.07, 6.45) is 4.98. The summed E-state index contributed by atoms with van der Waals surface area (Å²) in [4.78, 5) is 11.1. The van der Waals surface area contributed by atoms with Gasteiger partial charge in [0, 0.05) is 5.92 Å². The number of allylic oxidation sites excluding steroid dienone is 3. The van der Waals surface area contributed by atoms with Crippen molar-refractivity contribution in [1.82, 2.24) is 0 Å². The van der Waals surface area contributed by atoms with E-state index in [-0.39, 0.29) is 5.92 Å². The molecule has 12 heavy (non-hydrogen) atoms. The Kier molecular flexibility index (Phi) is 2.85. The van der Waals surface area contributed by atoms with Gasteiger partial charge in [0.05, 0.1) is 0 Å². The third-order valence-corrected chi connectivity index (χ3v) is 2.70. The summed E-state index contributed by atoms with van der Waals surface area (Å²) in [5.74, 6) is 0.520. The van der Waals surface area contributed by atoms with Crippen LogP contribution >= 0.6 is 0 Å². The quantitative estimate of drug-likeness (QED) is 0.586. The maximum absolute atomic E-state index is 11.1. The largest absolute Gasteiger partial charge is 0.299 e. The Labute approximate surface area is 74.2 Å². The van der Waals surface area contributed by atoms with Crippen molar-refractivity contribution in [2.24, 2.45) is 5.92 Å². The van der Waals surface area contributed by atoms with Crippen molar-refractivity contribution >= 4 is 5.78 Å². The smallest absolute Gasteiger partial charge is 0.136 e. The number of hydrogen-bond donors (Lipinski definition) is 0. The van der Waals surface area contributed by atoms with E-state index in [0.717, 1.165) is 19.3 Å². The molecule has 1 heteroatoms. The van der Waals surface area contributed by atoms with Gasteiger partial charge in [0.2, 0.25) is 0 Å². The molecule has 1 aliphatic carbocycles. The highest BCUT2D eigenvalue weighted by atomic mass is 16.1. The molecule has 0 saturated heterocycles. The van der Waals surface area contributed by atoms with Gasteiger partial charge < -0.3 is 0 Å². The molecule has 0 spiro atoms. The maximum Gasteiger partial charge on any atom is 0.136 e. The molecule has 1 rings (SSSR count). The van der Waals surface area contributed by atoms with Crippen LogP contribution in [0.2, 0.25) is 0 Å². The van der Waals surface area contributed by atoms with Gasteiger partial charge in [0.25, 0.3) is 0 Å². The Balaban J connectivity index is 2.75. The van der Waals surface area contributed by atoms with E-state index >= 15 is 0 Å². The second kappa shape index (κ2) is 3.70. The molecular weight excluding hydrogens is 148 g/mol. The summed E-state index contributed by atoms with van der Waals surface area (Å²) < 4.78 is 0. The van der Waals surface area contributed by atoms with Crippen LogP contribution in [-0.2, 0) is 4.79 Å². The molecule has 66 valence electrons. The molecular formula is C11H16O. The normalized spacial score (nSPS) is 23.0. The minimum atomic E-state index is 0.208. The van der Waals surface area contributed by atoms with Gasteiger partial charge in [0.15, 0.2) is 0 Å². The van der Waals surface area contributed by atoms with Crippen molar-refractivity contribution in [2.45, 2.75) is 33.1 Å². The molecule has 0 N–H and O–H groups in total. The Morgan fingerprint density at radius 1 is 1.75 bits per heavy atom. The van der Waals surface area contributed by atoms with Crippen molar-refractivity contribution in [2.75, 3.05) is 0 Å². The Morgan fingerprint density at radius 3 is 2.83 bits per heavy atom. The van der Waals surface area contributed by atoms with Gasteiger partial charge in [-0.15, -0.1) is 6.58 Å². The minimum absolute atomic E-state index is 0.208. The van der Waals surface area contributed by atoms with Gasteiger partial charge >= 0.3 is 0 Å². The third kappa shape index (κ3) is 1.66. The molecule has 0 heterocycles. The zero-order valence-electron chi connectivity index (χ0n) is 7.89. The summed E-state index contributed by atoms with van der Waals surface area (Å²) in [6, 6.07) is 0. The monoisotopic (exact) mass is 164 g/mol. The minimum Gasteiger partial charge on any atom is -0.299 e. The molecule has 0 saturated carbocycles. The lowest BCUT2D eigenvalue weighted by molar-refractivity contribution is -0.119. The Bertz CT molecular complexity index is 235. The number of Topliss-reactive ketones (excluding diaryl/α,β-unsaturated/α-hetero) is 1. The van der Waals surface area contributed by atoms with Gasteiger partial charge in [-0.05, 0) is 33.1 Å². The fourth-order valence-corrected chi connectivity index (χ4v) is 1.92. The lowest BCUT2D eigenvalue weighted by atomic mass is 9.98. The molecule has 0 aromatic rings. The second-order valence-electron chi connectivity index (χ2n) is 3.48. The van der Waals surface area contributed by atoms with Gasteiger partial charge in [-0.1, -0.05) is 17.2 Å². The summed E-state index contributed by atoms with van der Waals surface area (Å²) >= 11 is 0. The summed E-state index contributed by atoms with van der Waals surface area (Å²) in [6.45, 7) is 7.48. The Morgan fingerprint density at radius 2 is 2.42 bits per heavy atom.